The van der Waals surface area contributed by atoms with Crippen molar-refractivity contribution in [1.29, 1.82) is 0 Å². The second kappa shape index (κ2) is 9.48. The molecule has 0 radical (unpaired) electrons. The van der Waals surface area contributed by atoms with E-state index >= 15 is 0 Å². The number of hydrogen-bond donors (Lipinski definition) is 1. The first-order valence-corrected chi connectivity index (χ1v) is 12.6. The molecule has 1 unspecified atom stereocenters. The Morgan fingerprint density at radius 2 is 1.74 bits per heavy atom. The lowest BCUT2D eigenvalue weighted by Crippen LogP contribution is -2.46. The molecule has 0 bridgehead atoms. The SMILES string of the molecule is [C-]#[N+]c1ccc(N2CC3(CCN(c4ccc(C(=O)N5CCNCC5)cc4)CC3)CC2C)cc1Cl. The molecule has 1 atom stereocenters. The number of anilines is 2. The smallest absolute Gasteiger partial charge is 0.253 e. The van der Waals surface area contributed by atoms with E-state index in [1.54, 1.807) is 0 Å². The van der Waals surface area contributed by atoms with E-state index < -0.39 is 0 Å². The van der Waals surface area contributed by atoms with Crippen molar-refractivity contribution in [2.75, 3.05) is 55.6 Å². The number of piperidine rings is 1. The molecule has 1 amide bonds. The summed E-state index contributed by atoms with van der Waals surface area (Å²) in [5.41, 5.74) is 3.94. The van der Waals surface area contributed by atoms with E-state index in [0.29, 0.717) is 22.2 Å². The zero-order chi connectivity index (χ0) is 23.7. The van der Waals surface area contributed by atoms with E-state index in [0.717, 1.165) is 69.9 Å². The van der Waals surface area contributed by atoms with Crippen molar-refractivity contribution in [1.82, 2.24) is 10.2 Å². The van der Waals surface area contributed by atoms with Gasteiger partial charge in [-0.15, -0.1) is 0 Å². The fraction of sp³-hybridized carbons (Fsp3) is 0.481. The van der Waals surface area contributed by atoms with Crippen LogP contribution >= 0.6 is 11.6 Å². The van der Waals surface area contributed by atoms with Crippen LogP contribution in [0.25, 0.3) is 4.85 Å². The molecule has 3 aliphatic rings. The Morgan fingerprint density at radius 3 is 2.38 bits per heavy atom. The van der Waals surface area contributed by atoms with Crippen LogP contribution in [0, 0.1) is 12.0 Å². The first kappa shape index (κ1) is 23.0. The second-order valence-electron chi connectivity index (χ2n) is 10.0. The number of benzene rings is 2. The number of hydrogen-bond acceptors (Lipinski definition) is 4. The highest BCUT2D eigenvalue weighted by atomic mass is 35.5. The van der Waals surface area contributed by atoms with E-state index in [1.807, 2.05) is 35.2 Å². The van der Waals surface area contributed by atoms with Crippen molar-refractivity contribution in [2.45, 2.75) is 32.2 Å². The van der Waals surface area contributed by atoms with Gasteiger partial charge in [-0.2, -0.15) is 0 Å². The molecule has 178 valence electrons. The highest BCUT2D eigenvalue weighted by molar-refractivity contribution is 6.33. The zero-order valence-electron chi connectivity index (χ0n) is 19.8. The summed E-state index contributed by atoms with van der Waals surface area (Å²) in [5.74, 6) is 0.134. The maximum absolute atomic E-state index is 12.7. The van der Waals surface area contributed by atoms with E-state index in [9.17, 15) is 4.79 Å². The summed E-state index contributed by atoms with van der Waals surface area (Å²) in [6.07, 6.45) is 3.49. The van der Waals surface area contributed by atoms with Crippen LogP contribution in [-0.2, 0) is 0 Å². The van der Waals surface area contributed by atoms with Gasteiger partial charge >= 0.3 is 0 Å². The summed E-state index contributed by atoms with van der Waals surface area (Å²) < 4.78 is 0. The zero-order valence-corrected chi connectivity index (χ0v) is 20.5. The van der Waals surface area contributed by atoms with Gasteiger partial charge in [0.1, 0.15) is 0 Å². The van der Waals surface area contributed by atoms with Crippen molar-refractivity contribution in [3.63, 3.8) is 0 Å². The molecule has 3 aliphatic heterocycles. The minimum Gasteiger partial charge on any atom is -0.371 e. The van der Waals surface area contributed by atoms with Crippen molar-refractivity contribution in [3.8, 4) is 0 Å². The minimum atomic E-state index is 0.134. The molecule has 2 aromatic rings. The Bertz CT molecular complexity index is 1080. The van der Waals surface area contributed by atoms with Crippen molar-refractivity contribution in [3.05, 3.63) is 64.5 Å². The number of nitrogens with zero attached hydrogens (tertiary/aromatic N) is 4. The predicted octanol–water partition coefficient (Wildman–Crippen LogP) is 4.82. The summed E-state index contributed by atoms with van der Waals surface area (Å²) in [4.78, 5) is 23.1. The molecule has 5 rings (SSSR count). The quantitative estimate of drug-likeness (QED) is 0.643. The summed E-state index contributed by atoms with van der Waals surface area (Å²) in [5, 5.41) is 3.83. The van der Waals surface area contributed by atoms with Gasteiger partial charge < -0.3 is 20.0 Å². The topological polar surface area (TPSA) is 43.2 Å². The number of halogens is 1. The lowest BCUT2D eigenvalue weighted by molar-refractivity contribution is 0.0736. The number of rotatable bonds is 3. The van der Waals surface area contributed by atoms with Crippen molar-refractivity contribution >= 4 is 34.6 Å². The standard InChI is InChI=1S/C27H32ClN5O/c1-20-18-27(19-33(20)23-7-8-25(29-2)24(28)17-23)9-13-31(14-10-27)22-5-3-21(4-6-22)26(34)32-15-11-30-12-16-32/h3-8,17,20,30H,9-16,18-19H2,1H3. The van der Waals surface area contributed by atoms with Gasteiger partial charge in [0.2, 0.25) is 5.69 Å². The van der Waals surface area contributed by atoms with E-state index in [1.165, 1.54) is 12.1 Å². The van der Waals surface area contributed by atoms with Gasteiger partial charge in [-0.1, -0.05) is 17.7 Å². The number of nitrogens with one attached hydrogen (secondary N) is 1. The number of carbonyl (C=O) groups excluding carboxylic acids is 1. The van der Waals surface area contributed by atoms with Crippen molar-refractivity contribution < 1.29 is 4.79 Å². The Labute approximate surface area is 207 Å². The Kier molecular flexibility index (Phi) is 6.42. The molecular weight excluding hydrogens is 446 g/mol. The van der Waals surface area contributed by atoms with Gasteiger partial charge in [-0.3, -0.25) is 4.79 Å². The van der Waals surface area contributed by atoms with E-state index in [4.69, 9.17) is 18.2 Å². The van der Waals surface area contributed by atoms with Crippen LogP contribution in [0.1, 0.15) is 36.5 Å². The lowest BCUT2D eigenvalue weighted by atomic mass is 9.76. The molecular formula is C27H32ClN5O. The number of carbonyl (C=O) groups is 1. The average Bonchev–Trinajstić information content (AvgIpc) is 3.20. The van der Waals surface area contributed by atoms with Gasteiger partial charge in [0.05, 0.1) is 6.57 Å². The Hall–Kier alpha value is -2.75. The lowest BCUT2D eigenvalue weighted by Gasteiger charge is -2.40. The molecule has 1 N–H and O–H groups in total. The summed E-state index contributed by atoms with van der Waals surface area (Å²) in [6.45, 7) is 15.9. The third-order valence-corrected chi connectivity index (χ3v) is 8.16. The van der Waals surface area contributed by atoms with Crippen LogP contribution in [0.2, 0.25) is 5.02 Å². The molecule has 1 spiro atoms. The van der Waals surface area contributed by atoms with Crippen LogP contribution < -0.4 is 15.1 Å². The van der Waals surface area contributed by atoms with Crippen LogP contribution in [0.15, 0.2) is 42.5 Å². The fourth-order valence-corrected chi connectivity index (χ4v) is 6.11. The van der Waals surface area contributed by atoms with E-state index in [2.05, 4.69) is 39.0 Å². The van der Waals surface area contributed by atoms with Crippen LogP contribution in [0.5, 0.6) is 0 Å². The summed E-state index contributed by atoms with van der Waals surface area (Å²) >= 11 is 6.32. The first-order chi connectivity index (χ1) is 16.5. The van der Waals surface area contributed by atoms with Crippen molar-refractivity contribution in [2.24, 2.45) is 5.41 Å². The minimum absolute atomic E-state index is 0.134. The Balaban J connectivity index is 1.21. The van der Waals surface area contributed by atoms with Crippen LogP contribution in [0.3, 0.4) is 0 Å². The van der Waals surface area contributed by atoms with Gasteiger partial charge in [-0.05, 0) is 68.0 Å². The third-order valence-electron chi connectivity index (χ3n) is 7.86. The molecule has 3 fully saturated rings. The largest absolute Gasteiger partial charge is 0.371 e. The number of amides is 1. The van der Waals surface area contributed by atoms with Gasteiger partial charge in [0.15, 0.2) is 0 Å². The van der Waals surface area contributed by atoms with Crippen LogP contribution in [-0.4, -0.2) is 62.7 Å². The molecule has 0 aromatic heterocycles. The maximum Gasteiger partial charge on any atom is 0.253 e. The molecule has 0 aliphatic carbocycles. The molecule has 6 nitrogen and oxygen atoms in total. The predicted molar refractivity (Wildman–Crippen MR) is 138 cm³/mol. The molecule has 3 saturated heterocycles. The fourth-order valence-electron chi connectivity index (χ4n) is 5.90. The number of piperazine rings is 1. The van der Waals surface area contributed by atoms with Crippen LogP contribution in [0.4, 0.5) is 17.1 Å². The molecule has 3 heterocycles. The third kappa shape index (κ3) is 4.47. The monoisotopic (exact) mass is 477 g/mol. The second-order valence-corrected chi connectivity index (χ2v) is 10.4. The first-order valence-electron chi connectivity index (χ1n) is 12.3. The summed E-state index contributed by atoms with van der Waals surface area (Å²) in [7, 11) is 0. The molecule has 7 heteroatoms. The highest BCUT2D eigenvalue weighted by Gasteiger charge is 2.44. The Morgan fingerprint density at radius 1 is 1.06 bits per heavy atom. The normalized spacial score (nSPS) is 22.1. The average molecular weight is 478 g/mol. The molecule has 2 aromatic carbocycles. The highest BCUT2D eigenvalue weighted by Crippen LogP contribution is 2.46. The molecule has 34 heavy (non-hydrogen) atoms. The van der Waals surface area contributed by atoms with E-state index in [-0.39, 0.29) is 5.91 Å². The molecule has 0 saturated carbocycles. The maximum atomic E-state index is 12.7. The summed E-state index contributed by atoms with van der Waals surface area (Å²) in [6, 6.07) is 14.5. The van der Waals surface area contributed by atoms with Gasteiger partial charge in [0, 0.05) is 73.8 Å². The van der Waals surface area contributed by atoms with Gasteiger partial charge in [-0.25, -0.2) is 4.85 Å². The van der Waals surface area contributed by atoms with Gasteiger partial charge in [0.25, 0.3) is 5.91 Å².